The zero-order chi connectivity index (χ0) is 11.1. The highest BCUT2D eigenvalue weighted by Gasteiger charge is 2.01. The Morgan fingerprint density at radius 3 is 2.93 bits per heavy atom. The smallest absolute Gasteiger partial charge is 0.224 e. The van der Waals surface area contributed by atoms with Gasteiger partial charge < -0.3 is 5.32 Å². The average molecular weight is 206 g/mol. The summed E-state index contributed by atoms with van der Waals surface area (Å²) >= 11 is 0. The number of aromatic nitrogens is 1. The summed E-state index contributed by atoms with van der Waals surface area (Å²) in [6, 6.07) is 3.68. The molecule has 0 aromatic carbocycles. The Morgan fingerprint density at radius 2 is 2.27 bits per heavy atom. The molecule has 3 heteroatoms. The van der Waals surface area contributed by atoms with Crippen LogP contribution in [0.25, 0.3) is 0 Å². The third-order valence-electron chi connectivity index (χ3n) is 2.19. The minimum Gasteiger partial charge on any atom is -0.326 e. The van der Waals surface area contributed by atoms with Gasteiger partial charge in [0.25, 0.3) is 0 Å². The third kappa shape index (κ3) is 4.58. The molecular formula is C12H18N2O. The predicted octanol–water partition coefficient (Wildman–Crippen LogP) is 2.91. The summed E-state index contributed by atoms with van der Waals surface area (Å²) in [6.45, 7) is 4.04. The number of aryl methyl sites for hydroxylation is 1. The summed E-state index contributed by atoms with van der Waals surface area (Å²) in [5.74, 6) is 0.0917. The minimum atomic E-state index is 0.0917. The quantitative estimate of drug-likeness (QED) is 0.753. The molecule has 0 aliphatic carbocycles. The maximum absolute atomic E-state index is 11.5. The number of nitrogens with one attached hydrogen (secondary N) is 1. The monoisotopic (exact) mass is 206 g/mol. The van der Waals surface area contributed by atoms with Crippen LogP contribution >= 0.6 is 0 Å². The molecule has 0 fully saturated rings. The molecule has 1 aromatic heterocycles. The lowest BCUT2D eigenvalue weighted by Crippen LogP contribution is -2.11. The summed E-state index contributed by atoms with van der Waals surface area (Å²) in [7, 11) is 0. The van der Waals surface area contributed by atoms with E-state index in [0.717, 1.165) is 30.6 Å². The first-order valence-electron chi connectivity index (χ1n) is 5.45. The Labute approximate surface area is 90.9 Å². The highest BCUT2D eigenvalue weighted by Crippen LogP contribution is 2.08. The molecule has 1 N–H and O–H groups in total. The van der Waals surface area contributed by atoms with E-state index in [1.165, 1.54) is 0 Å². The van der Waals surface area contributed by atoms with Gasteiger partial charge in [-0.15, -0.1) is 0 Å². The molecule has 3 nitrogen and oxygen atoms in total. The minimum absolute atomic E-state index is 0.0917. The van der Waals surface area contributed by atoms with Gasteiger partial charge in [-0.1, -0.05) is 19.8 Å². The van der Waals surface area contributed by atoms with Crippen molar-refractivity contribution in [1.29, 1.82) is 0 Å². The zero-order valence-electron chi connectivity index (χ0n) is 9.42. The molecule has 0 bridgehead atoms. The highest BCUT2D eigenvalue weighted by atomic mass is 16.1. The molecule has 1 aromatic rings. The van der Waals surface area contributed by atoms with Crippen molar-refractivity contribution in [3.05, 3.63) is 24.0 Å². The van der Waals surface area contributed by atoms with Crippen molar-refractivity contribution in [3.8, 4) is 0 Å². The molecule has 15 heavy (non-hydrogen) atoms. The number of nitrogens with zero attached hydrogens (tertiary/aromatic N) is 1. The van der Waals surface area contributed by atoms with Gasteiger partial charge in [0, 0.05) is 24.0 Å². The summed E-state index contributed by atoms with van der Waals surface area (Å²) in [4.78, 5) is 15.5. The van der Waals surface area contributed by atoms with Crippen LogP contribution in [0.4, 0.5) is 5.69 Å². The van der Waals surface area contributed by atoms with Gasteiger partial charge in [0.15, 0.2) is 0 Å². The molecule has 0 aliphatic heterocycles. The van der Waals surface area contributed by atoms with E-state index in [9.17, 15) is 4.79 Å². The van der Waals surface area contributed by atoms with Crippen molar-refractivity contribution in [3.63, 3.8) is 0 Å². The van der Waals surface area contributed by atoms with E-state index in [1.807, 2.05) is 19.1 Å². The van der Waals surface area contributed by atoms with Crippen LogP contribution in [0.2, 0.25) is 0 Å². The van der Waals surface area contributed by atoms with Crippen molar-refractivity contribution in [1.82, 2.24) is 4.98 Å². The Balaban J connectivity index is 2.37. The third-order valence-corrected chi connectivity index (χ3v) is 2.19. The molecule has 1 rings (SSSR count). The van der Waals surface area contributed by atoms with Gasteiger partial charge >= 0.3 is 0 Å². The van der Waals surface area contributed by atoms with Crippen LogP contribution in [0.1, 0.15) is 38.3 Å². The predicted molar refractivity (Wildman–Crippen MR) is 61.7 cm³/mol. The maximum atomic E-state index is 11.5. The van der Waals surface area contributed by atoms with E-state index in [0.29, 0.717) is 6.42 Å². The summed E-state index contributed by atoms with van der Waals surface area (Å²) in [5.41, 5.74) is 1.75. The van der Waals surface area contributed by atoms with E-state index >= 15 is 0 Å². The molecule has 0 aliphatic rings. The average Bonchev–Trinajstić information content (AvgIpc) is 2.18. The van der Waals surface area contributed by atoms with Crippen molar-refractivity contribution in [2.45, 2.75) is 39.5 Å². The number of amides is 1. The molecule has 1 heterocycles. The molecule has 0 radical (unpaired) electrons. The van der Waals surface area contributed by atoms with Gasteiger partial charge in [-0.05, 0) is 25.5 Å². The largest absolute Gasteiger partial charge is 0.326 e. The number of hydrogen-bond donors (Lipinski definition) is 1. The molecule has 0 saturated heterocycles. The Hall–Kier alpha value is -1.38. The number of pyridine rings is 1. The van der Waals surface area contributed by atoms with Crippen LogP contribution in [-0.4, -0.2) is 10.9 Å². The van der Waals surface area contributed by atoms with Gasteiger partial charge in [0.1, 0.15) is 0 Å². The number of carbonyl (C=O) groups excluding carboxylic acids is 1. The standard InChI is InChI=1S/C12H18N2O/c1-3-4-5-6-12(15)14-11-7-8-13-10(2)9-11/h7-9H,3-6H2,1-2H3,(H,13,14,15). The van der Waals surface area contributed by atoms with Gasteiger partial charge in [-0.25, -0.2) is 0 Å². The molecule has 0 atom stereocenters. The lowest BCUT2D eigenvalue weighted by atomic mass is 10.2. The van der Waals surface area contributed by atoms with Crippen molar-refractivity contribution in [2.75, 3.05) is 5.32 Å². The number of rotatable bonds is 5. The van der Waals surface area contributed by atoms with Crippen molar-refractivity contribution >= 4 is 11.6 Å². The van der Waals surface area contributed by atoms with E-state index < -0.39 is 0 Å². The van der Waals surface area contributed by atoms with Gasteiger partial charge in [0.05, 0.1) is 0 Å². The summed E-state index contributed by atoms with van der Waals surface area (Å²) < 4.78 is 0. The summed E-state index contributed by atoms with van der Waals surface area (Å²) in [5, 5.41) is 2.86. The number of hydrogen-bond acceptors (Lipinski definition) is 2. The van der Waals surface area contributed by atoms with Crippen LogP contribution in [0, 0.1) is 6.92 Å². The summed E-state index contributed by atoms with van der Waals surface area (Å²) in [6.07, 6.45) is 5.53. The lowest BCUT2D eigenvalue weighted by Gasteiger charge is -2.04. The van der Waals surface area contributed by atoms with E-state index in [2.05, 4.69) is 17.2 Å². The normalized spacial score (nSPS) is 10.0. The Morgan fingerprint density at radius 1 is 1.47 bits per heavy atom. The van der Waals surface area contributed by atoms with E-state index in [-0.39, 0.29) is 5.91 Å². The fourth-order valence-electron chi connectivity index (χ4n) is 1.38. The molecule has 1 amide bonds. The van der Waals surface area contributed by atoms with Crippen LogP contribution < -0.4 is 5.32 Å². The van der Waals surface area contributed by atoms with Gasteiger partial charge in [0.2, 0.25) is 5.91 Å². The number of unbranched alkanes of at least 4 members (excludes halogenated alkanes) is 2. The highest BCUT2D eigenvalue weighted by molar-refractivity contribution is 5.90. The Bertz CT molecular complexity index is 323. The first kappa shape index (κ1) is 11.7. The lowest BCUT2D eigenvalue weighted by molar-refractivity contribution is -0.116. The van der Waals surface area contributed by atoms with Crippen LogP contribution in [0.3, 0.4) is 0 Å². The van der Waals surface area contributed by atoms with Crippen LogP contribution in [0.5, 0.6) is 0 Å². The fraction of sp³-hybridized carbons (Fsp3) is 0.500. The molecule has 82 valence electrons. The number of anilines is 1. The molecular weight excluding hydrogens is 188 g/mol. The second-order valence-corrected chi connectivity index (χ2v) is 3.69. The maximum Gasteiger partial charge on any atom is 0.224 e. The fourth-order valence-corrected chi connectivity index (χ4v) is 1.38. The molecule has 0 unspecified atom stereocenters. The number of carbonyl (C=O) groups is 1. The van der Waals surface area contributed by atoms with Crippen molar-refractivity contribution in [2.24, 2.45) is 0 Å². The first-order chi connectivity index (χ1) is 7.22. The topological polar surface area (TPSA) is 42.0 Å². The second kappa shape index (κ2) is 6.17. The second-order valence-electron chi connectivity index (χ2n) is 3.69. The van der Waals surface area contributed by atoms with Gasteiger partial charge in [-0.3, -0.25) is 9.78 Å². The van der Waals surface area contributed by atoms with Crippen molar-refractivity contribution < 1.29 is 4.79 Å². The van der Waals surface area contributed by atoms with Gasteiger partial charge in [-0.2, -0.15) is 0 Å². The van der Waals surface area contributed by atoms with Crippen LogP contribution in [0.15, 0.2) is 18.3 Å². The Kier molecular flexibility index (Phi) is 4.81. The SMILES string of the molecule is CCCCCC(=O)Nc1ccnc(C)c1. The van der Waals surface area contributed by atoms with E-state index in [4.69, 9.17) is 0 Å². The molecule has 0 saturated carbocycles. The van der Waals surface area contributed by atoms with E-state index in [1.54, 1.807) is 6.20 Å². The zero-order valence-corrected chi connectivity index (χ0v) is 9.42. The first-order valence-corrected chi connectivity index (χ1v) is 5.45. The molecule has 0 spiro atoms. The van der Waals surface area contributed by atoms with Crippen LogP contribution in [-0.2, 0) is 4.79 Å².